The van der Waals surface area contributed by atoms with Gasteiger partial charge in [-0.2, -0.15) is 0 Å². The molecule has 1 aliphatic heterocycles. The van der Waals surface area contributed by atoms with Crippen LogP contribution in [0.5, 0.6) is 0 Å². The van der Waals surface area contributed by atoms with Gasteiger partial charge >= 0.3 is 0 Å². The number of rotatable bonds is 1. The maximum absolute atomic E-state index is 11.0. The summed E-state index contributed by atoms with van der Waals surface area (Å²) in [6.45, 7) is 0.782. The van der Waals surface area contributed by atoms with Crippen LogP contribution < -0.4 is 0 Å². The molecular weight excluding hydrogens is 148 g/mol. The van der Waals surface area contributed by atoms with Gasteiger partial charge in [0.25, 0.3) is 0 Å². The van der Waals surface area contributed by atoms with Crippen molar-refractivity contribution in [3.05, 3.63) is 0 Å². The van der Waals surface area contributed by atoms with Crippen molar-refractivity contribution in [2.45, 2.75) is 12.5 Å². The van der Waals surface area contributed by atoms with Gasteiger partial charge in [0, 0.05) is 13.6 Å². The molecule has 1 fully saturated rings. The van der Waals surface area contributed by atoms with Crippen molar-refractivity contribution in [3.8, 4) is 0 Å². The van der Waals surface area contributed by atoms with E-state index in [4.69, 9.17) is 0 Å². The molecule has 0 N–H and O–H groups in total. The summed E-state index contributed by atoms with van der Waals surface area (Å²) in [4.78, 5) is 16.4. The minimum atomic E-state index is -0.248. The second-order valence-electron chi connectivity index (χ2n) is 2.28. The molecule has 1 rings (SSSR count). The van der Waals surface area contributed by atoms with Gasteiger partial charge in [0.1, 0.15) is 6.04 Å². The van der Waals surface area contributed by atoms with Crippen molar-refractivity contribution in [2.75, 3.05) is 13.6 Å². The van der Waals surface area contributed by atoms with Crippen molar-refractivity contribution in [2.24, 2.45) is 4.99 Å². The van der Waals surface area contributed by atoms with Gasteiger partial charge in [0.05, 0.1) is 5.16 Å². The van der Waals surface area contributed by atoms with Gasteiger partial charge in [-0.25, -0.2) is 4.99 Å². The molecule has 54 valence electrons. The summed E-state index contributed by atoms with van der Waals surface area (Å²) in [7, 11) is 1.77. The Morgan fingerprint density at radius 1 is 1.90 bits per heavy atom. The zero-order valence-electron chi connectivity index (χ0n) is 5.70. The number of carbonyl (C=O) groups is 1. The topological polar surface area (TPSA) is 32.7 Å². The Kier molecular flexibility index (Phi) is 2.14. The molecule has 1 amide bonds. The number of hydrogen-bond donors (Lipinski definition) is 0. The summed E-state index contributed by atoms with van der Waals surface area (Å²) in [6.07, 6.45) is 0.777. The second kappa shape index (κ2) is 2.90. The van der Waals surface area contributed by atoms with E-state index in [9.17, 15) is 4.79 Å². The molecule has 0 aromatic rings. The average molecular weight is 156 g/mol. The van der Waals surface area contributed by atoms with E-state index in [0.29, 0.717) is 0 Å². The van der Waals surface area contributed by atoms with Crippen LogP contribution >= 0.6 is 12.2 Å². The number of likely N-dealkylation sites (N-methyl/N-ethyl adjacent to an activating group) is 1. The lowest BCUT2D eigenvalue weighted by atomic mass is 10.3. The average Bonchev–Trinajstić information content (AvgIpc) is 2.20. The normalized spacial score (nSPS) is 24.7. The van der Waals surface area contributed by atoms with E-state index in [0.717, 1.165) is 13.0 Å². The van der Waals surface area contributed by atoms with Crippen LogP contribution in [0.2, 0.25) is 0 Å². The van der Waals surface area contributed by atoms with E-state index in [2.05, 4.69) is 22.4 Å². The Bertz CT molecular complexity index is 198. The number of carbonyl (C=O) groups excluding carboxylic acids is 1. The molecule has 1 unspecified atom stereocenters. The Balaban J connectivity index is 2.66. The van der Waals surface area contributed by atoms with Gasteiger partial charge in [-0.05, 0) is 18.6 Å². The molecule has 0 spiro atoms. The van der Waals surface area contributed by atoms with Crippen molar-refractivity contribution >= 4 is 23.3 Å². The smallest absolute Gasteiger partial charge is 0.248 e. The molecule has 0 bridgehead atoms. The first-order valence-electron chi connectivity index (χ1n) is 3.07. The Morgan fingerprint density at radius 2 is 2.60 bits per heavy atom. The van der Waals surface area contributed by atoms with Gasteiger partial charge in [0.2, 0.25) is 5.91 Å². The molecule has 3 nitrogen and oxygen atoms in total. The summed E-state index contributed by atoms with van der Waals surface area (Å²) in [6, 6.07) is -0.248. The molecule has 4 heteroatoms. The van der Waals surface area contributed by atoms with Crippen molar-refractivity contribution in [1.82, 2.24) is 4.90 Å². The number of likely N-dealkylation sites (tertiary alicyclic amines) is 1. The molecule has 1 aliphatic rings. The van der Waals surface area contributed by atoms with Crippen LogP contribution in [-0.2, 0) is 4.79 Å². The molecule has 1 atom stereocenters. The Morgan fingerprint density at radius 3 is 3.00 bits per heavy atom. The summed E-state index contributed by atoms with van der Waals surface area (Å²) in [5, 5.41) is 2.22. The number of amides is 1. The second-order valence-corrected chi connectivity index (χ2v) is 2.47. The minimum absolute atomic E-state index is 0.0531. The molecule has 0 aliphatic carbocycles. The molecule has 1 saturated heterocycles. The zero-order chi connectivity index (χ0) is 7.56. The highest BCUT2D eigenvalue weighted by atomic mass is 32.1. The van der Waals surface area contributed by atoms with Crippen LogP contribution in [0.3, 0.4) is 0 Å². The lowest BCUT2D eigenvalue weighted by Crippen LogP contribution is -2.24. The summed E-state index contributed by atoms with van der Waals surface area (Å²) in [5.74, 6) is 0.0531. The molecular formula is C6H8N2OS. The van der Waals surface area contributed by atoms with Crippen molar-refractivity contribution in [3.63, 3.8) is 0 Å². The Hall–Kier alpha value is -0.730. The third-order valence-electron chi connectivity index (χ3n) is 1.61. The molecule has 0 radical (unpaired) electrons. The summed E-state index contributed by atoms with van der Waals surface area (Å²) in [5.41, 5.74) is 0. The highest BCUT2D eigenvalue weighted by Gasteiger charge is 2.27. The van der Waals surface area contributed by atoms with Gasteiger partial charge < -0.3 is 4.90 Å². The van der Waals surface area contributed by atoms with Gasteiger partial charge in [-0.15, -0.1) is 0 Å². The van der Waals surface area contributed by atoms with Crippen LogP contribution in [0, 0.1) is 0 Å². The molecule has 1 heterocycles. The predicted octanol–water partition coefficient (Wildman–Crippen LogP) is 0.320. The monoisotopic (exact) mass is 156 g/mol. The first kappa shape index (κ1) is 7.38. The fraction of sp³-hybridized carbons (Fsp3) is 0.667. The van der Waals surface area contributed by atoms with E-state index >= 15 is 0 Å². The van der Waals surface area contributed by atoms with E-state index in [1.807, 2.05) is 0 Å². The Labute approximate surface area is 64.7 Å². The fourth-order valence-electron chi connectivity index (χ4n) is 0.987. The standard InChI is InChI=1S/C6H8N2OS/c1-8-3-2-5(6(8)9)7-4-10/h5H,2-3H2,1H3. The van der Waals surface area contributed by atoms with E-state index in [1.165, 1.54) is 0 Å². The van der Waals surface area contributed by atoms with E-state index < -0.39 is 0 Å². The number of aliphatic imine (C=N–C) groups is 1. The summed E-state index contributed by atoms with van der Waals surface area (Å²) < 4.78 is 0. The van der Waals surface area contributed by atoms with Crippen LogP contribution in [0.25, 0.3) is 0 Å². The summed E-state index contributed by atoms with van der Waals surface area (Å²) >= 11 is 4.39. The van der Waals surface area contributed by atoms with Gasteiger partial charge in [-0.1, -0.05) is 0 Å². The lowest BCUT2D eigenvalue weighted by Gasteiger charge is -2.05. The SMILES string of the molecule is CN1CCC(N=C=S)C1=O. The molecule has 0 aromatic heterocycles. The third-order valence-corrected chi connectivity index (χ3v) is 1.71. The molecule has 10 heavy (non-hydrogen) atoms. The highest BCUT2D eigenvalue weighted by Crippen LogP contribution is 2.10. The third kappa shape index (κ3) is 1.23. The van der Waals surface area contributed by atoms with Crippen LogP contribution in [0.4, 0.5) is 0 Å². The van der Waals surface area contributed by atoms with Crippen molar-refractivity contribution < 1.29 is 4.79 Å². The molecule has 0 aromatic carbocycles. The predicted molar refractivity (Wildman–Crippen MR) is 41.1 cm³/mol. The zero-order valence-corrected chi connectivity index (χ0v) is 6.52. The largest absolute Gasteiger partial charge is 0.344 e. The fourth-order valence-corrected chi connectivity index (χ4v) is 1.11. The van der Waals surface area contributed by atoms with E-state index in [1.54, 1.807) is 11.9 Å². The van der Waals surface area contributed by atoms with Crippen LogP contribution in [0.15, 0.2) is 4.99 Å². The first-order chi connectivity index (χ1) is 4.75. The maximum Gasteiger partial charge on any atom is 0.248 e. The number of nitrogens with zero attached hydrogens (tertiary/aromatic N) is 2. The number of thiocarbonyl (C=S) groups is 1. The molecule has 0 saturated carbocycles. The van der Waals surface area contributed by atoms with Gasteiger partial charge in [0.15, 0.2) is 0 Å². The first-order valence-corrected chi connectivity index (χ1v) is 3.48. The minimum Gasteiger partial charge on any atom is -0.344 e. The quantitative estimate of drug-likeness (QED) is 0.404. The van der Waals surface area contributed by atoms with E-state index in [-0.39, 0.29) is 11.9 Å². The lowest BCUT2D eigenvalue weighted by molar-refractivity contribution is -0.127. The highest BCUT2D eigenvalue weighted by molar-refractivity contribution is 7.78. The van der Waals surface area contributed by atoms with Crippen LogP contribution in [-0.4, -0.2) is 35.6 Å². The van der Waals surface area contributed by atoms with Crippen molar-refractivity contribution in [1.29, 1.82) is 0 Å². The van der Waals surface area contributed by atoms with Gasteiger partial charge in [-0.3, -0.25) is 4.79 Å². The number of isothiocyanates is 1. The number of hydrogen-bond acceptors (Lipinski definition) is 3. The maximum atomic E-state index is 11.0. The van der Waals surface area contributed by atoms with Crippen LogP contribution in [0.1, 0.15) is 6.42 Å².